The molecule has 0 saturated heterocycles. The summed E-state index contributed by atoms with van der Waals surface area (Å²) < 4.78 is 13.6. The lowest BCUT2D eigenvalue weighted by molar-refractivity contribution is 0.0997. The van der Waals surface area contributed by atoms with Gasteiger partial charge in [0.15, 0.2) is 17.2 Å². The number of carbonyl (C=O) groups is 1. The van der Waals surface area contributed by atoms with Gasteiger partial charge < -0.3 is 15.2 Å². The topological polar surface area (TPSA) is 114 Å². The Morgan fingerprint density at radius 2 is 1.66 bits per heavy atom. The van der Waals surface area contributed by atoms with Gasteiger partial charge in [0.05, 0.1) is 19.4 Å². The third kappa shape index (κ3) is 3.58. The first-order valence-corrected chi connectivity index (χ1v) is 10.2. The molecule has 9 heteroatoms. The summed E-state index contributed by atoms with van der Waals surface area (Å²) >= 11 is 0. The quantitative estimate of drug-likeness (QED) is 0.479. The molecule has 32 heavy (non-hydrogen) atoms. The van der Waals surface area contributed by atoms with E-state index in [1.54, 1.807) is 55.6 Å². The minimum atomic E-state index is -0.738. The fourth-order valence-corrected chi connectivity index (χ4v) is 3.58. The van der Waals surface area contributed by atoms with Gasteiger partial charge in [-0.25, -0.2) is 19.3 Å². The highest BCUT2D eigenvalue weighted by atomic mass is 16.5. The van der Waals surface area contributed by atoms with Crippen LogP contribution in [0.5, 0.6) is 11.5 Å². The highest BCUT2D eigenvalue weighted by Gasteiger charge is 2.23. The van der Waals surface area contributed by atoms with Gasteiger partial charge in [-0.3, -0.25) is 9.36 Å². The SMILES string of the molecule is CCOc1ccc(-n2c(=O)n(CC)c3c(C(N)=O)nc(-c4ccc(OC)cc4)nc32)cc1. The second-order valence-corrected chi connectivity index (χ2v) is 6.95. The van der Waals surface area contributed by atoms with E-state index in [1.807, 2.05) is 13.8 Å². The Hall–Kier alpha value is -4.14. The van der Waals surface area contributed by atoms with E-state index in [2.05, 4.69) is 9.97 Å². The van der Waals surface area contributed by atoms with Crippen LogP contribution in [0, 0.1) is 0 Å². The molecule has 4 rings (SSSR count). The maximum atomic E-state index is 13.3. The van der Waals surface area contributed by atoms with Crippen LogP contribution in [0.15, 0.2) is 53.3 Å². The van der Waals surface area contributed by atoms with Gasteiger partial charge in [0.2, 0.25) is 0 Å². The lowest BCUT2D eigenvalue weighted by atomic mass is 10.2. The predicted octanol–water partition coefficient (Wildman–Crippen LogP) is 2.78. The summed E-state index contributed by atoms with van der Waals surface area (Å²) in [5.74, 6) is 0.906. The smallest absolute Gasteiger partial charge is 0.335 e. The highest BCUT2D eigenvalue weighted by Crippen LogP contribution is 2.25. The first-order chi connectivity index (χ1) is 15.5. The van der Waals surface area contributed by atoms with Crippen LogP contribution in [-0.2, 0) is 6.54 Å². The van der Waals surface area contributed by atoms with Crippen molar-refractivity contribution in [3.63, 3.8) is 0 Å². The molecular weight excluding hydrogens is 410 g/mol. The van der Waals surface area contributed by atoms with Crippen LogP contribution in [0.2, 0.25) is 0 Å². The number of aryl methyl sites for hydroxylation is 1. The summed E-state index contributed by atoms with van der Waals surface area (Å²) in [6.45, 7) is 4.57. The fraction of sp³-hybridized carbons (Fsp3) is 0.217. The van der Waals surface area contributed by atoms with Gasteiger partial charge in [-0.2, -0.15) is 0 Å². The minimum Gasteiger partial charge on any atom is -0.497 e. The van der Waals surface area contributed by atoms with E-state index >= 15 is 0 Å². The summed E-state index contributed by atoms with van der Waals surface area (Å²) in [5, 5.41) is 0. The maximum Gasteiger partial charge on any atom is 0.335 e. The van der Waals surface area contributed by atoms with Gasteiger partial charge in [0, 0.05) is 12.1 Å². The van der Waals surface area contributed by atoms with E-state index in [0.717, 1.165) is 0 Å². The van der Waals surface area contributed by atoms with Gasteiger partial charge in [0.1, 0.15) is 17.0 Å². The zero-order valence-electron chi connectivity index (χ0n) is 18.0. The van der Waals surface area contributed by atoms with Crippen molar-refractivity contribution in [1.82, 2.24) is 19.1 Å². The summed E-state index contributed by atoms with van der Waals surface area (Å²) in [4.78, 5) is 34.7. The average Bonchev–Trinajstić information content (AvgIpc) is 3.10. The van der Waals surface area contributed by atoms with E-state index < -0.39 is 5.91 Å². The number of nitrogens with two attached hydrogens (primary N) is 1. The van der Waals surface area contributed by atoms with Gasteiger partial charge in [-0.1, -0.05) is 0 Å². The number of primary amides is 1. The number of nitrogens with zero attached hydrogens (tertiary/aromatic N) is 4. The number of amides is 1. The Kier molecular flexibility index (Phi) is 5.63. The van der Waals surface area contributed by atoms with Crippen molar-refractivity contribution >= 4 is 17.1 Å². The predicted molar refractivity (Wildman–Crippen MR) is 120 cm³/mol. The molecule has 0 fully saturated rings. The minimum absolute atomic E-state index is 0.00976. The van der Waals surface area contributed by atoms with Crippen molar-refractivity contribution in [2.45, 2.75) is 20.4 Å². The lowest BCUT2D eigenvalue weighted by Crippen LogP contribution is -2.23. The van der Waals surface area contributed by atoms with Crippen LogP contribution < -0.4 is 20.9 Å². The zero-order valence-corrected chi connectivity index (χ0v) is 18.0. The number of ether oxygens (including phenoxy) is 2. The number of aromatic nitrogens is 4. The largest absolute Gasteiger partial charge is 0.497 e. The third-order valence-corrected chi connectivity index (χ3v) is 5.07. The molecule has 2 heterocycles. The molecular formula is C23H23N5O4. The molecule has 0 saturated carbocycles. The van der Waals surface area contributed by atoms with Crippen LogP contribution in [-0.4, -0.2) is 38.7 Å². The summed E-state index contributed by atoms with van der Waals surface area (Å²) in [6.07, 6.45) is 0. The number of carbonyl (C=O) groups excluding carboxylic acids is 1. The second kappa shape index (κ2) is 8.54. The third-order valence-electron chi connectivity index (χ3n) is 5.07. The molecule has 0 bridgehead atoms. The van der Waals surface area contributed by atoms with E-state index in [4.69, 9.17) is 15.2 Å². The van der Waals surface area contributed by atoms with Crippen molar-refractivity contribution in [1.29, 1.82) is 0 Å². The van der Waals surface area contributed by atoms with Crippen molar-refractivity contribution < 1.29 is 14.3 Å². The first-order valence-electron chi connectivity index (χ1n) is 10.2. The normalized spacial score (nSPS) is 11.0. The molecule has 0 aliphatic carbocycles. The number of rotatable bonds is 7. The van der Waals surface area contributed by atoms with Crippen molar-refractivity contribution in [2.75, 3.05) is 13.7 Å². The van der Waals surface area contributed by atoms with Crippen LogP contribution in [0.1, 0.15) is 24.3 Å². The van der Waals surface area contributed by atoms with Gasteiger partial charge >= 0.3 is 5.69 Å². The van der Waals surface area contributed by atoms with Crippen LogP contribution in [0.3, 0.4) is 0 Å². The molecule has 0 spiro atoms. The van der Waals surface area contributed by atoms with E-state index in [0.29, 0.717) is 47.1 Å². The van der Waals surface area contributed by atoms with Crippen LogP contribution >= 0.6 is 0 Å². The number of fused-ring (bicyclic) bond motifs is 1. The number of hydrogen-bond donors (Lipinski definition) is 1. The summed E-state index contributed by atoms with van der Waals surface area (Å²) in [7, 11) is 1.58. The first kappa shape index (κ1) is 21.1. The highest BCUT2D eigenvalue weighted by molar-refractivity contribution is 6.02. The second-order valence-electron chi connectivity index (χ2n) is 6.95. The molecule has 1 amide bonds. The van der Waals surface area contributed by atoms with Crippen molar-refractivity contribution in [2.24, 2.45) is 5.73 Å². The van der Waals surface area contributed by atoms with Gasteiger partial charge in [0.25, 0.3) is 5.91 Å². The molecule has 2 N–H and O–H groups in total. The van der Waals surface area contributed by atoms with Gasteiger partial charge in [-0.15, -0.1) is 0 Å². The molecule has 164 valence electrons. The monoisotopic (exact) mass is 433 g/mol. The Morgan fingerprint density at radius 1 is 1.00 bits per heavy atom. The Bertz CT molecular complexity index is 1340. The molecule has 4 aromatic rings. The standard InChI is InChI=1S/C23H23N5O4/c1-4-27-19-18(20(24)29)25-21(14-6-10-16(31-3)11-7-14)26-22(19)28(23(27)30)15-8-12-17(13-9-15)32-5-2/h6-13H,4-5H2,1-3H3,(H2,24,29). The maximum absolute atomic E-state index is 13.3. The van der Waals surface area contributed by atoms with E-state index in [-0.39, 0.29) is 17.2 Å². The van der Waals surface area contributed by atoms with E-state index in [9.17, 15) is 9.59 Å². The number of methoxy groups -OCH3 is 1. The molecule has 2 aromatic heterocycles. The number of hydrogen-bond acceptors (Lipinski definition) is 6. The van der Waals surface area contributed by atoms with E-state index in [1.165, 1.54) is 9.13 Å². The molecule has 0 atom stereocenters. The fourth-order valence-electron chi connectivity index (χ4n) is 3.58. The lowest BCUT2D eigenvalue weighted by Gasteiger charge is -2.08. The van der Waals surface area contributed by atoms with Crippen LogP contribution in [0.25, 0.3) is 28.2 Å². The Balaban J connectivity index is 2.01. The molecule has 0 aliphatic rings. The Morgan fingerprint density at radius 3 is 2.22 bits per heavy atom. The summed E-state index contributed by atoms with van der Waals surface area (Å²) in [6, 6.07) is 14.2. The van der Waals surface area contributed by atoms with Crippen LogP contribution in [0.4, 0.5) is 0 Å². The molecule has 0 aliphatic heterocycles. The number of imidazole rings is 1. The molecule has 2 aromatic carbocycles. The van der Waals surface area contributed by atoms with Crippen molar-refractivity contribution in [3.8, 4) is 28.6 Å². The summed E-state index contributed by atoms with van der Waals surface area (Å²) in [5.41, 5.74) is 7.16. The van der Waals surface area contributed by atoms with Crippen molar-refractivity contribution in [3.05, 3.63) is 64.7 Å². The Labute approximate surface area is 184 Å². The molecule has 9 nitrogen and oxygen atoms in total. The zero-order chi connectivity index (χ0) is 22.8. The molecule has 0 unspecified atom stereocenters. The average molecular weight is 433 g/mol. The number of benzene rings is 2. The van der Waals surface area contributed by atoms with Gasteiger partial charge in [-0.05, 0) is 62.4 Å². The molecule has 0 radical (unpaired) electrons.